The lowest BCUT2D eigenvalue weighted by Gasteiger charge is -2.04. The molecule has 23 heavy (non-hydrogen) atoms. The van der Waals surface area contributed by atoms with Gasteiger partial charge in [0, 0.05) is 18.9 Å². The summed E-state index contributed by atoms with van der Waals surface area (Å²) >= 11 is 1.41. The maximum Gasteiger partial charge on any atom is 0.274 e. The fourth-order valence-electron chi connectivity index (χ4n) is 2.51. The van der Waals surface area contributed by atoms with E-state index < -0.39 is 0 Å². The van der Waals surface area contributed by atoms with Crippen LogP contribution in [0.15, 0.2) is 24.3 Å². The van der Waals surface area contributed by atoms with Crippen LogP contribution >= 0.6 is 11.3 Å². The molecule has 0 spiro atoms. The Hall–Kier alpha value is -2.41. The second-order valence-corrected chi connectivity index (χ2v) is 6.25. The molecule has 3 aromatic rings. The Morgan fingerprint density at radius 3 is 2.96 bits per heavy atom. The van der Waals surface area contributed by atoms with Gasteiger partial charge in [0.05, 0.1) is 12.6 Å². The van der Waals surface area contributed by atoms with Crippen molar-refractivity contribution in [2.45, 2.75) is 19.8 Å². The van der Waals surface area contributed by atoms with Crippen molar-refractivity contribution in [3.05, 3.63) is 35.0 Å². The Kier molecular flexibility index (Phi) is 4.29. The number of rotatable bonds is 5. The molecule has 0 atom stereocenters. The third-order valence-corrected chi connectivity index (χ3v) is 4.55. The number of benzene rings is 1. The smallest absolute Gasteiger partial charge is 0.274 e. The third-order valence-electron chi connectivity index (χ3n) is 3.65. The van der Waals surface area contributed by atoms with Gasteiger partial charge in [0.1, 0.15) is 16.5 Å². The summed E-state index contributed by atoms with van der Waals surface area (Å²) in [5, 5.41) is 13.3. The number of carbonyl (C=O) groups is 1. The molecule has 2 heterocycles. The van der Waals surface area contributed by atoms with Crippen molar-refractivity contribution >= 4 is 33.3 Å². The van der Waals surface area contributed by atoms with Gasteiger partial charge in [-0.05, 0) is 24.6 Å². The number of methoxy groups -OCH3 is 1. The molecule has 0 bridgehead atoms. The Morgan fingerprint density at radius 1 is 1.39 bits per heavy atom. The van der Waals surface area contributed by atoms with Gasteiger partial charge in [-0.1, -0.05) is 24.3 Å². The predicted molar refractivity (Wildman–Crippen MR) is 91.3 cm³/mol. The lowest BCUT2D eigenvalue weighted by atomic mass is 10.2. The number of ether oxygens (including phenoxy) is 1. The number of amides is 1. The van der Waals surface area contributed by atoms with Gasteiger partial charge in [0.15, 0.2) is 0 Å². The Morgan fingerprint density at radius 2 is 2.22 bits per heavy atom. The van der Waals surface area contributed by atoms with Gasteiger partial charge in [-0.3, -0.25) is 10.1 Å². The van der Waals surface area contributed by atoms with Crippen molar-refractivity contribution in [1.82, 2.24) is 14.8 Å². The number of carbonyl (C=O) groups excluding carboxylic acids is 1. The number of fused-ring (bicyclic) bond motifs is 1. The van der Waals surface area contributed by atoms with Gasteiger partial charge in [0.25, 0.3) is 5.91 Å². The minimum absolute atomic E-state index is 0.204. The predicted octanol–water partition coefficient (Wildman–Crippen LogP) is 3.24. The zero-order valence-electron chi connectivity index (χ0n) is 13.3. The normalized spacial score (nSPS) is 10.9. The van der Waals surface area contributed by atoms with Crippen LogP contribution in [0.5, 0.6) is 5.75 Å². The summed E-state index contributed by atoms with van der Waals surface area (Å²) in [6, 6.07) is 7.58. The van der Waals surface area contributed by atoms with Crippen LogP contribution in [0.1, 0.15) is 28.8 Å². The molecule has 0 radical (unpaired) electrons. The van der Waals surface area contributed by atoms with E-state index in [1.165, 1.54) is 11.3 Å². The monoisotopic (exact) mass is 330 g/mol. The number of aromatic nitrogens is 3. The number of aryl methyl sites for hydroxylation is 2. The molecule has 0 fully saturated rings. The van der Waals surface area contributed by atoms with Crippen molar-refractivity contribution in [3.63, 3.8) is 0 Å². The first-order valence-electron chi connectivity index (χ1n) is 7.40. The Bertz CT molecular complexity index is 853. The molecule has 1 aromatic carbocycles. The van der Waals surface area contributed by atoms with Crippen LogP contribution in [-0.4, -0.2) is 27.8 Å². The molecule has 0 aliphatic carbocycles. The summed E-state index contributed by atoms with van der Waals surface area (Å²) in [7, 11) is 3.48. The van der Waals surface area contributed by atoms with Gasteiger partial charge in [0.2, 0.25) is 5.13 Å². The van der Waals surface area contributed by atoms with Crippen molar-refractivity contribution < 1.29 is 9.53 Å². The molecule has 6 nitrogen and oxygen atoms in total. The standard InChI is InChI=1S/C16H18N4O2S/c1-4-6-14-18-19-16(23-14)17-15(21)12-9-10-11(20(12)2)7-5-8-13(10)22-3/h5,7-9H,4,6H2,1-3H3,(H,17,19,21). The van der Waals surface area contributed by atoms with Crippen LogP contribution in [0.25, 0.3) is 10.9 Å². The van der Waals surface area contributed by atoms with E-state index in [-0.39, 0.29) is 5.91 Å². The number of anilines is 1. The summed E-state index contributed by atoms with van der Waals surface area (Å²) in [5.74, 6) is 0.545. The Balaban J connectivity index is 1.89. The highest BCUT2D eigenvalue weighted by atomic mass is 32.1. The molecule has 3 rings (SSSR count). The minimum Gasteiger partial charge on any atom is -0.496 e. The zero-order valence-corrected chi connectivity index (χ0v) is 14.1. The van der Waals surface area contributed by atoms with E-state index in [2.05, 4.69) is 22.4 Å². The number of hydrogen-bond acceptors (Lipinski definition) is 5. The van der Waals surface area contributed by atoms with Crippen LogP contribution in [0, 0.1) is 0 Å². The molecule has 120 valence electrons. The van der Waals surface area contributed by atoms with Gasteiger partial charge in [-0.15, -0.1) is 10.2 Å². The summed E-state index contributed by atoms with van der Waals surface area (Å²) < 4.78 is 7.21. The van der Waals surface area contributed by atoms with E-state index in [0.29, 0.717) is 10.8 Å². The summed E-state index contributed by atoms with van der Waals surface area (Å²) in [6.45, 7) is 2.09. The maximum atomic E-state index is 12.5. The van der Waals surface area contributed by atoms with Crippen molar-refractivity contribution in [2.24, 2.45) is 7.05 Å². The molecule has 7 heteroatoms. The number of hydrogen-bond donors (Lipinski definition) is 1. The fraction of sp³-hybridized carbons (Fsp3) is 0.312. The van der Waals surface area contributed by atoms with Crippen LogP contribution in [0.4, 0.5) is 5.13 Å². The van der Waals surface area contributed by atoms with Gasteiger partial charge in [-0.2, -0.15) is 0 Å². The SMILES string of the molecule is CCCc1nnc(NC(=O)c2cc3c(OC)cccc3n2C)s1. The van der Waals surface area contributed by atoms with Crippen LogP contribution in [0.2, 0.25) is 0 Å². The summed E-state index contributed by atoms with van der Waals surface area (Å²) in [4.78, 5) is 12.5. The number of nitrogens with zero attached hydrogens (tertiary/aromatic N) is 3. The van der Waals surface area contributed by atoms with E-state index in [0.717, 1.165) is 34.5 Å². The van der Waals surface area contributed by atoms with E-state index >= 15 is 0 Å². The number of nitrogens with one attached hydrogen (secondary N) is 1. The largest absolute Gasteiger partial charge is 0.496 e. The lowest BCUT2D eigenvalue weighted by Crippen LogP contribution is -2.15. The average molecular weight is 330 g/mol. The zero-order chi connectivity index (χ0) is 16.4. The molecule has 1 amide bonds. The molecule has 0 unspecified atom stereocenters. The van der Waals surface area contributed by atoms with Crippen LogP contribution < -0.4 is 10.1 Å². The molecule has 0 aliphatic rings. The fourth-order valence-corrected chi connectivity index (χ4v) is 3.35. The molecule has 0 saturated carbocycles. The second-order valence-electron chi connectivity index (χ2n) is 5.19. The highest BCUT2D eigenvalue weighted by Crippen LogP contribution is 2.28. The topological polar surface area (TPSA) is 69.0 Å². The first-order valence-corrected chi connectivity index (χ1v) is 8.21. The molecular formula is C16H18N4O2S. The van der Waals surface area contributed by atoms with Crippen LogP contribution in [0.3, 0.4) is 0 Å². The van der Waals surface area contributed by atoms with Gasteiger partial charge in [-0.25, -0.2) is 0 Å². The van der Waals surface area contributed by atoms with E-state index in [9.17, 15) is 4.79 Å². The first-order chi connectivity index (χ1) is 11.1. The summed E-state index contributed by atoms with van der Waals surface area (Å²) in [5.41, 5.74) is 1.50. The minimum atomic E-state index is -0.204. The highest BCUT2D eigenvalue weighted by Gasteiger charge is 2.17. The molecule has 0 aliphatic heterocycles. The molecular weight excluding hydrogens is 312 g/mol. The van der Waals surface area contributed by atoms with Crippen LogP contribution in [-0.2, 0) is 13.5 Å². The lowest BCUT2D eigenvalue weighted by molar-refractivity contribution is 0.101. The van der Waals surface area contributed by atoms with Crippen molar-refractivity contribution in [1.29, 1.82) is 0 Å². The van der Waals surface area contributed by atoms with E-state index in [4.69, 9.17) is 4.74 Å². The second kappa shape index (κ2) is 6.37. The average Bonchev–Trinajstić information content (AvgIpc) is 3.12. The van der Waals surface area contributed by atoms with E-state index in [1.807, 2.05) is 35.9 Å². The van der Waals surface area contributed by atoms with E-state index in [1.54, 1.807) is 7.11 Å². The molecule has 0 saturated heterocycles. The van der Waals surface area contributed by atoms with Gasteiger partial charge >= 0.3 is 0 Å². The van der Waals surface area contributed by atoms with Crippen molar-refractivity contribution in [3.8, 4) is 5.75 Å². The highest BCUT2D eigenvalue weighted by molar-refractivity contribution is 7.15. The Labute approximate surface area is 138 Å². The first kappa shape index (κ1) is 15.5. The molecule has 2 aromatic heterocycles. The third kappa shape index (κ3) is 2.92. The molecule has 1 N–H and O–H groups in total. The quantitative estimate of drug-likeness (QED) is 0.780. The van der Waals surface area contributed by atoms with Gasteiger partial charge < -0.3 is 9.30 Å². The van der Waals surface area contributed by atoms with Crippen molar-refractivity contribution in [2.75, 3.05) is 12.4 Å². The summed E-state index contributed by atoms with van der Waals surface area (Å²) in [6.07, 6.45) is 1.88. The maximum absolute atomic E-state index is 12.5.